The van der Waals surface area contributed by atoms with Crippen LogP contribution >= 0.6 is 0 Å². The molecule has 1 unspecified atom stereocenters. The molecule has 0 bridgehead atoms. The van der Waals surface area contributed by atoms with E-state index in [1.807, 2.05) is 64.1 Å². The fourth-order valence-corrected chi connectivity index (χ4v) is 5.65. The Bertz CT molecular complexity index is 1360. The van der Waals surface area contributed by atoms with Crippen LogP contribution in [0.1, 0.15) is 56.4 Å². The average Bonchev–Trinajstić information content (AvgIpc) is 2.99. The van der Waals surface area contributed by atoms with Crippen molar-refractivity contribution >= 4 is 23.6 Å². The molecule has 1 aliphatic carbocycles. The van der Waals surface area contributed by atoms with Crippen molar-refractivity contribution in [1.82, 2.24) is 25.8 Å². The summed E-state index contributed by atoms with van der Waals surface area (Å²) in [4.78, 5) is 56.7. The number of amides is 4. The number of nitrogens with zero attached hydrogens (tertiary/aromatic N) is 2. The Kier molecular flexibility index (Phi) is 10.1. The van der Waals surface area contributed by atoms with E-state index in [0.29, 0.717) is 6.42 Å². The van der Waals surface area contributed by atoms with Crippen LogP contribution < -0.4 is 16.0 Å². The molecule has 230 valence electrons. The van der Waals surface area contributed by atoms with Gasteiger partial charge in [-0.25, -0.2) is 0 Å². The van der Waals surface area contributed by atoms with Gasteiger partial charge in [-0.05, 0) is 62.3 Å². The van der Waals surface area contributed by atoms with Gasteiger partial charge in [0.25, 0.3) is 0 Å². The lowest BCUT2D eigenvalue weighted by Crippen LogP contribution is -2.59. The molecule has 4 amide bonds. The van der Waals surface area contributed by atoms with Gasteiger partial charge in [-0.15, -0.1) is 0 Å². The van der Waals surface area contributed by atoms with E-state index < -0.39 is 35.4 Å². The molecule has 0 radical (unpaired) electrons. The highest BCUT2D eigenvalue weighted by Gasteiger charge is 2.39. The first-order valence-corrected chi connectivity index (χ1v) is 15.1. The zero-order valence-electron chi connectivity index (χ0n) is 26.1. The van der Waals surface area contributed by atoms with Gasteiger partial charge in [-0.2, -0.15) is 0 Å². The first-order valence-electron chi connectivity index (χ1n) is 15.1. The highest BCUT2D eigenvalue weighted by Crippen LogP contribution is 2.28. The van der Waals surface area contributed by atoms with Gasteiger partial charge in [0.15, 0.2) is 0 Å². The number of likely N-dealkylation sites (N-methyl/N-ethyl adjacent to an activating group) is 1. The second-order valence-corrected chi connectivity index (χ2v) is 12.8. The van der Waals surface area contributed by atoms with Crippen LogP contribution in [-0.2, 0) is 38.4 Å². The number of hydrogen-bond donors (Lipinski definition) is 3. The number of aryl methyl sites for hydroxylation is 2. The highest BCUT2D eigenvalue weighted by molar-refractivity contribution is 5.95. The lowest BCUT2D eigenvalue weighted by Gasteiger charge is -2.41. The van der Waals surface area contributed by atoms with E-state index in [2.05, 4.69) is 28.1 Å². The molecule has 2 aromatic rings. The minimum Gasteiger partial charge on any atom is -0.345 e. The van der Waals surface area contributed by atoms with Crippen LogP contribution in [0.2, 0.25) is 0 Å². The minimum absolute atomic E-state index is 0.00674. The van der Waals surface area contributed by atoms with Crippen molar-refractivity contribution in [3.05, 3.63) is 83.2 Å². The number of carbonyl (C=O) groups excluding carboxylic acids is 4. The molecule has 1 heterocycles. The smallest absolute Gasteiger partial charge is 0.250 e. The molecule has 43 heavy (non-hydrogen) atoms. The molecule has 0 spiro atoms. The Morgan fingerprint density at radius 2 is 1.65 bits per heavy atom. The molecule has 0 saturated carbocycles. The van der Waals surface area contributed by atoms with E-state index in [-0.39, 0.29) is 24.4 Å². The normalized spacial score (nSPS) is 19.8. The summed E-state index contributed by atoms with van der Waals surface area (Å²) >= 11 is 0. The van der Waals surface area contributed by atoms with Crippen LogP contribution in [0.25, 0.3) is 0 Å². The summed E-state index contributed by atoms with van der Waals surface area (Å²) in [6.07, 6.45) is 6.25. The van der Waals surface area contributed by atoms with Gasteiger partial charge < -0.3 is 25.8 Å². The van der Waals surface area contributed by atoms with Crippen LogP contribution in [0.3, 0.4) is 0 Å². The number of hydrogen-bond acceptors (Lipinski definition) is 5. The van der Waals surface area contributed by atoms with Gasteiger partial charge in [-0.3, -0.25) is 19.2 Å². The van der Waals surface area contributed by atoms with Crippen LogP contribution in [-0.4, -0.2) is 71.2 Å². The summed E-state index contributed by atoms with van der Waals surface area (Å²) in [6.45, 7) is 8.97. The molecule has 0 aromatic heterocycles. The van der Waals surface area contributed by atoms with Gasteiger partial charge in [0.2, 0.25) is 23.6 Å². The van der Waals surface area contributed by atoms with Crippen molar-refractivity contribution in [2.45, 2.75) is 84.5 Å². The van der Waals surface area contributed by atoms with E-state index in [1.54, 1.807) is 31.3 Å². The summed E-state index contributed by atoms with van der Waals surface area (Å²) in [5, 5.41) is 8.39. The molecule has 9 heteroatoms. The van der Waals surface area contributed by atoms with Crippen molar-refractivity contribution < 1.29 is 19.2 Å². The maximum absolute atomic E-state index is 14.1. The molecule has 2 aliphatic rings. The summed E-state index contributed by atoms with van der Waals surface area (Å²) in [7, 11) is 1.67. The van der Waals surface area contributed by atoms with E-state index in [4.69, 9.17) is 0 Å². The van der Waals surface area contributed by atoms with E-state index in [1.165, 1.54) is 16.0 Å². The average molecular weight is 588 g/mol. The standard InChI is InChI=1S/C34H45N5O4/c1-22-11-13-24(14-12-22)19-28-33(43)38(27-16-15-25-9-7-8-10-26(25)20-27)17-18-39(28)29(40)21-36-32(42)30(34(3,4)5)37-31(41)23(2)35-6/h7-14,17-18,23,27-28,30,35H,15-16,19-21H2,1-6H3,(H,36,42)(H,37,41)/t23-,27?,28-,30+/m0/s1. The third kappa shape index (κ3) is 7.70. The Morgan fingerprint density at radius 1 is 0.977 bits per heavy atom. The summed E-state index contributed by atoms with van der Waals surface area (Å²) in [5.74, 6) is -1.29. The molecule has 2 aromatic carbocycles. The molecular formula is C34H45N5O4. The van der Waals surface area contributed by atoms with Crippen LogP contribution in [0.15, 0.2) is 60.9 Å². The van der Waals surface area contributed by atoms with Crippen molar-refractivity contribution in [3.8, 4) is 0 Å². The van der Waals surface area contributed by atoms with Crippen molar-refractivity contribution in [2.75, 3.05) is 13.6 Å². The predicted octanol–water partition coefficient (Wildman–Crippen LogP) is 2.86. The maximum atomic E-state index is 14.1. The molecule has 0 saturated heterocycles. The lowest BCUT2D eigenvalue weighted by atomic mass is 9.86. The monoisotopic (exact) mass is 587 g/mol. The number of carbonyl (C=O) groups is 4. The zero-order valence-corrected chi connectivity index (χ0v) is 26.1. The zero-order chi connectivity index (χ0) is 31.3. The Morgan fingerprint density at radius 3 is 2.30 bits per heavy atom. The fourth-order valence-electron chi connectivity index (χ4n) is 5.65. The fraction of sp³-hybridized carbons (Fsp3) is 0.471. The van der Waals surface area contributed by atoms with Crippen LogP contribution in [0.4, 0.5) is 0 Å². The summed E-state index contributed by atoms with van der Waals surface area (Å²) in [5.41, 5.74) is 4.04. The third-order valence-electron chi connectivity index (χ3n) is 8.47. The first kappa shape index (κ1) is 31.9. The lowest BCUT2D eigenvalue weighted by molar-refractivity contribution is -0.145. The van der Waals surface area contributed by atoms with Gasteiger partial charge >= 0.3 is 0 Å². The summed E-state index contributed by atoms with van der Waals surface area (Å²) in [6, 6.07) is 14.2. The SMILES string of the molecule is CN[C@@H](C)C(=O)N[C@H](C(=O)NCC(=O)N1C=CN(C2CCc3ccccc3C2)C(=O)[C@@H]1Cc1ccc(C)cc1)C(C)(C)C. The topological polar surface area (TPSA) is 111 Å². The molecule has 4 rings (SSSR count). The van der Waals surface area contributed by atoms with Gasteiger partial charge in [0, 0.05) is 24.9 Å². The summed E-state index contributed by atoms with van der Waals surface area (Å²) < 4.78 is 0. The molecule has 1 aliphatic heterocycles. The Hall–Kier alpha value is -3.98. The Labute approximate surface area is 255 Å². The minimum atomic E-state index is -0.852. The second kappa shape index (κ2) is 13.5. The number of benzene rings is 2. The number of fused-ring (bicyclic) bond motifs is 1. The quantitative estimate of drug-likeness (QED) is 0.418. The van der Waals surface area contributed by atoms with Crippen molar-refractivity contribution in [2.24, 2.45) is 5.41 Å². The van der Waals surface area contributed by atoms with Crippen LogP contribution in [0, 0.1) is 12.3 Å². The largest absolute Gasteiger partial charge is 0.345 e. The third-order valence-corrected chi connectivity index (χ3v) is 8.47. The Balaban J connectivity index is 1.52. The van der Waals surface area contributed by atoms with E-state index >= 15 is 0 Å². The number of rotatable bonds is 9. The molecule has 3 N–H and O–H groups in total. The van der Waals surface area contributed by atoms with Crippen molar-refractivity contribution in [1.29, 1.82) is 0 Å². The molecular weight excluding hydrogens is 542 g/mol. The highest BCUT2D eigenvalue weighted by atomic mass is 16.2. The number of nitrogens with one attached hydrogen (secondary N) is 3. The van der Waals surface area contributed by atoms with Crippen LogP contribution in [0.5, 0.6) is 0 Å². The molecule has 0 fully saturated rings. The van der Waals surface area contributed by atoms with Gasteiger partial charge in [-0.1, -0.05) is 74.9 Å². The van der Waals surface area contributed by atoms with Gasteiger partial charge in [0.1, 0.15) is 12.1 Å². The predicted molar refractivity (Wildman–Crippen MR) is 167 cm³/mol. The van der Waals surface area contributed by atoms with E-state index in [0.717, 1.165) is 30.4 Å². The molecule has 4 atom stereocenters. The van der Waals surface area contributed by atoms with E-state index in [9.17, 15) is 19.2 Å². The van der Waals surface area contributed by atoms with Crippen molar-refractivity contribution in [3.63, 3.8) is 0 Å². The second-order valence-electron chi connectivity index (χ2n) is 12.8. The van der Waals surface area contributed by atoms with Gasteiger partial charge in [0.05, 0.1) is 12.6 Å². The maximum Gasteiger partial charge on any atom is 0.250 e. The molecule has 9 nitrogen and oxygen atoms in total. The first-order chi connectivity index (χ1) is 20.4.